The highest BCUT2D eigenvalue weighted by atomic mass is 16.5. The Balaban J connectivity index is 2.17. The van der Waals surface area contributed by atoms with Gasteiger partial charge in [-0.1, -0.05) is 27.2 Å². The lowest BCUT2D eigenvalue weighted by Crippen LogP contribution is -2.33. The zero-order valence-electron chi connectivity index (χ0n) is 13.9. The summed E-state index contributed by atoms with van der Waals surface area (Å²) in [5, 5.41) is 3.50. The third kappa shape index (κ3) is 4.68. The maximum Gasteiger partial charge on any atom is 0.129 e. The van der Waals surface area contributed by atoms with Crippen LogP contribution in [0.3, 0.4) is 0 Å². The van der Waals surface area contributed by atoms with E-state index in [-0.39, 0.29) is 0 Å². The van der Waals surface area contributed by atoms with E-state index < -0.39 is 0 Å². The molecule has 118 valence electrons. The van der Waals surface area contributed by atoms with Gasteiger partial charge in [0.25, 0.3) is 0 Å². The Bertz CT molecular complexity index is 442. The second-order valence-corrected chi connectivity index (χ2v) is 6.24. The van der Waals surface area contributed by atoms with Crippen LogP contribution >= 0.6 is 0 Å². The molecular formula is C17H29N3O. The molecule has 2 rings (SSSR count). The van der Waals surface area contributed by atoms with E-state index in [1.54, 1.807) is 0 Å². The molecule has 21 heavy (non-hydrogen) atoms. The minimum atomic E-state index is 0.459. The highest BCUT2D eigenvalue weighted by Crippen LogP contribution is 2.21. The van der Waals surface area contributed by atoms with Crippen LogP contribution in [0.2, 0.25) is 0 Å². The van der Waals surface area contributed by atoms with Gasteiger partial charge < -0.3 is 15.0 Å². The van der Waals surface area contributed by atoms with Crippen LogP contribution in [0.25, 0.3) is 0 Å². The van der Waals surface area contributed by atoms with Crippen LogP contribution in [0.15, 0.2) is 12.1 Å². The molecule has 4 nitrogen and oxygen atoms in total. The molecule has 1 saturated heterocycles. The minimum absolute atomic E-state index is 0.459. The lowest BCUT2D eigenvalue weighted by molar-refractivity contribution is 0.193. The van der Waals surface area contributed by atoms with Crippen LogP contribution in [-0.4, -0.2) is 37.3 Å². The van der Waals surface area contributed by atoms with E-state index in [0.29, 0.717) is 12.1 Å². The highest BCUT2D eigenvalue weighted by molar-refractivity contribution is 5.43. The highest BCUT2D eigenvalue weighted by Gasteiger charge is 2.21. The van der Waals surface area contributed by atoms with Gasteiger partial charge in [0.2, 0.25) is 0 Å². The van der Waals surface area contributed by atoms with Crippen LogP contribution in [-0.2, 0) is 17.7 Å². The second kappa shape index (κ2) is 7.76. The van der Waals surface area contributed by atoms with Crippen molar-refractivity contribution in [2.45, 2.75) is 58.7 Å². The Morgan fingerprint density at radius 1 is 1.43 bits per heavy atom. The summed E-state index contributed by atoms with van der Waals surface area (Å²) in [6, 6.07) is 5.41. The molecule has 1 fully saturated rings. The fraction of sp³-hybridized carbons (Fsp3) is 0.706. The summed E-state index contributed by atoms with van der Waals surface area (Å²) in [6.07, 6.45) is 3.26. The maximum absolute atomic E-state index is 5.50. The zero-order chi connectivity index (χ0) is 15.2. The number of aryl methyl sites for hydroxylation is 1. The standard InChI is InChI=1S/C17H29N3O/c1-5-6-15-9-14(11-18-13(2)3)10-17(19-15)20(4)16-7-8-21-12-16/h9-10,13,16,18H,5-8,11-12H2,1-4H3. The number of aromatic nitrogens is 1. The molecule has 1 aromatic rings. The molecule has 0 saturated carbocycles. The molecule has 1 aliphatic heterocycles. The Hall–Kier alpha value is -1.13. The van der Waals surface area contributed by atoms with Gasteiger partial charge in [-0.25, -0.2) is 4.98 Å². The van der Waals surface area contributed by atoms with Gasteiger partial charge in [-0.2, -0.15) is 0 Å². The summed E-state index contributed by atoms with van der Waals surface area (Å²) in [5.41, 5.74) is 2.52. The molecule has 1 N–H and O–H groups in total. The Morgan fingerprint density at radius 2 is 2.24 bits per heavy atom. The average molecular weight is 291 g/mol. The molecule has 1 unspecified atom stereocenters. The largest absolute Gasteiger partial charge is 0.379 e. The monoisotopic (exact) mass is 291 g/mol. The average Bonchev–Trinajstić information content (AvgIpc) is 2.98. The molecule has 1 aromatic heterocycles. The fourth-order valence-corrected chi connectivity index (χ4v) is 2.64. The van der Waals surface area contributed by atoms with Crippen LogP contribution < -0.4 is 10.2 Å². The summed E-state index contributed by atoms with van der Waals surface area (Å²) < 4.78 is 5.50. The summed E-state index contributed by atoms with van der Waals surface area (Å²) in [7, 11) is 2.14. The predicted octanol–water partition coefficient (Wildman–Crippen LogP) is 2.76. The lowest BCUT2D eigenvalue weighted by atomic mass is 10.1. The number of nitrogens with one attached hydrogen (secondary N) is 1. The van der Waals surface area contributed by atoms with Crippen LogP contribution in [0.4, 0.5) is 5.82 Å². The van der Waals surface area contributed by atoms with E-state index >= 15 is 0 Å². The SMILES string of the molecule is CCCc1cc(CNC(C)C)cc(N(C)C2CCOC2)n1. The van der Waals surface area contributed by atoms with E-state index in [9.17, 15) is 0 Å². The van der Waals surface area contributed by atoms with Gasteiger partial charge >= 0.3 is 0 Å². The van der Waals surface area contributed by atoms with Crippen molar-refractivity contribution >= 4 is 5.82 Å². The first-order valence-corrected chi connectivity index (χ1v) is 8.14. The van der Waals surface area contributed by atoms with Gasteiger partial charge in [-0.05, 0) is 30.5 Å². The number of pyridine rings is 1. The van der Waals surface area contributed by atoms with Crippen LogP contribution in [0, 0.1) is 0 Å². The molecule has 4 heteroatoms. The molecule has 0 bridgehead atoms. The van der Waals surface area contributed by atoms with E-state index in [1.165, 1.54) is 11.3 Å². The Kier molecular flexibility index (Phi) is 6.00. The van der Waals surface area contributed by atoms with E-state index in [1.807, 2.05) is 0 Å². The summed E-state index contributed by atoms with van der Waals surface area (Å²) >= 11 is 0. The van der Waals surface area contributed by atoms with Crippen LogP contribution in [0.5, 0.6) is 0 Å². The van der Waals surface area contributed by atoms with Gasteiger partial charge in [-0.3, -0.25) is 0 Å². The van der Waals surface area contributed by atoms with Gasteiger partial charge in [-0.15, -0.1) is 0 Å². The number of ether oxygens (including phenoxy) is 1. The second-order valence-electron chi connectivity index (χ2n) is 6.24. The lowest BCUT2D eigenvalue weighted by Gasteiger charge is -2.25. The summed E-state index contributed by atoms with van der Waals surface area (Å²) in [6.45, 7) is 9.14. The summed E-state index contributed by atoms with van der Waals surface area (Å²) in [5.74, 6) is 1.08. The van der Waals surface area contributed by atoms with E-state index in [0.717, 1.165) is 44.8 Å². The molecule has 0 amide bonds. The van der Waals surface area contributed by atoms with Crippen molar-refractivity contribution in [3.63, 3.8) is 0 Å². The van der Waals surface area contributed by atoms with Crippen molar-refractivity contribution in [2.75, 3.05) is 25.2 Å². The van der Waals surface area contributed by atoms with Gasteiger partial charge in [0, 0.05) is 31.9 Å². The van der Waals surface area contributed by atoms with Gasteiger partial charge in [0.15, 0.2) is 0 Å². The van der Waals surface area contributed by atoms with Gasteiger partial charge in [0.05, 0.1) is 12.6 Å². The predicted molar refractivity (Wildman–Crippen MR) is 87.8 cm³/mol. The first-order valence-electron chi connectivity index (χ1n) is 8.14. The van der Waals surface area contributed by atoms with Crippen LogP contribution in [0.1, 0.15) is 44.9 Å². The molecule has 1 aliphatic rings. The Labute approximate surface area is 128 Å². The van der Waals surface area contributed by atoms with Crippen molar-refractivity contribution in [3.8, 4) is 0 Å². The number of nitrogens with zero attached hydrogens (tertiary/aromatic N) is 2. The molecule has 0 spiro atoms. The number of anilines is 1. The third-order valence-corrected chi connectivity index (χ3v) is 3.96. The van der Waals surface area contributed by atoms with Gasteiger partial charge in [0.1, 0.15) is 5.82 Å². The van der Waals surface area contributed by atoms with E-state index in [4.69, 9.17) is 9.72 Å². The Morgan fingerprint density at radius 3 is 2.86 bits per heavy atom. The zero-order valence-corrected chi connectivity index (χ0v) is 13.9. The minimum Gasteiger partial charge on any atom is -0.379 e. The quantitative estimate of drug-likeness (QED) is 0.838. The molecule has 0 radical (unpaired) electrons. The van der Waals surface area contributed by atoms with Crippen molar-refractivity contribution in [3.05, 3.63) is 23.4 Å². The smallest absolute Gasteiger partial charge is 0.129 e. The molecule has 0 aliphatic carbocycles. The summed E-state index contributed by atoms with van der Waals surface area (Å²) in [4.78, 5) is 7.12. The molecular weight excluding hydrogens is 262 g/mol. The maximum atomic E-state index is 5.50. The molecule has 2 heterocycles. The first kappa shape index (κ1) is 16.2. The fourth-order valence-electron chi connectivity index (χ4n) is 2.64. The molecule has 1 atom stereocenters. The topological polar surface area (TPSA) is 37.4 Å². The number of rotatable bonds is 7. The van der Waals surface area contributed by atoms with Crippen molar-refractivity contribution in [2.24, 2.45) is 0 Å². The number of hydrogen-bond acceptors (Lipinski definition) is 4. The number of likely N-dealkylation sites (N-methyl/N-ethyl adjacent to an activating group) is 1. The van der Waals surface area contributed by atoms with Crippen molar-refractivity contribution in [1.29, 1.82) is 0 Å². The number of hydrogen-bond donors (Lipinski definition) is 1. The van der Waals surface area contributed by atoms with Crippen molar-refractivity contribution < 1.29 is 4.74 Å². The van der Waals surface area contributed by atoms with Crippen molar-refractivity contribution in [1.82, 2.24) is 10.3 Å². The first-order chi connectivity index (χ1) is 10.1. The van der Waals surface area contributed by atoms with E-state index in [2.05, 4.69) is 50.2 Å². The molecule has 0 aromatic carbocycles. The normalized spacial score (nSPS) is 18.4. The third-order valence-electron chi connectivity index (χ3n) is 3.96.